The van der Waals surface area contributed by atoms with Crippen molar-refractivity contribution in [1.82, 2.24) is 5.43 Å². The average Bonchev–Trinajstić information content (AvgIpc) is 2.70. The number of rotatable bonds is 7. The van der Waals surface area contributed by atoms with Crippen LogP contribution in [0, 0.1) is 0 Å². The highest BCUT2D eigenvalue weighted by atomic mass is 35.5. The number of hydrazone groups is 1. The zero-order valence-electron chi connectivity index (χ0n) is 18.8. The van der Waals surface area contributed by atoms with Crippen molar-refractivity contribution in [3.8, 4) is 5.75 Å². The number of phenolic OH excluding ortho intramolecular Hbond substituents is 1. The summed E-state index contributed by atoms with van der Waals surface area (Å²) in [4.78, 5) is 37.3. The van der Waals surface area contributed by atoms with Crippen LogP contribution in [0.5, 0.6) is 5.75 Å². The molecule has 0 aliphatic carbocycles. The van der Waals surface area contributed by atoms with Gasteiger partial charge in [-0.25, -0.2) is 10.2 Å². The number of benzene rings is 2. The average molecular weight is 507 g/mol. The highest BCUT2D eigenvalue weighted by Crippen LogP contribution is 2.22. The highest BCUT2D eigenvalue weighted by Gasteiger charge is 2.19. The number of anilines is 1. The van der Waals surface area contributed by atoms with Crippen LogP contribution in [0.4, 0.5) is 5.69 Å². The Morgan fingerprint density at radius 3 is 2.41 bits per heavy atom. The fourth-order valence-corrected chi connectivity index (χ4v) is 3.17. The van der Waals surface area contributed by atoms with Gasteiger partial charge in [0.25, 0.3) is 11.8 Å². The number of phenols is 1. The number of likely N-dealkylation sites (N-methyl/N-ethyl adjacent to an activating group) is 1. The number of carbonyl (C=O) groups is 2. The van der Waals surface area contributed by atoms with Crippen molar-refractivity contribution in [3.05, 3.63) is 69.5 Å². The second-order valence-corrected chi connectivity index (χ2v) is 8.89. The van der Waals surface area contributed by atoms with E-state index >= 15 is 0 Å². The van der Waals surface area contributed by atoms with E-state index in [1.807, 2.05) is 21.1 Å². The first kappa shape index (κ1) is 26.8. The summed E-state index contributed by atoms with van der Waals surface area (Å²) in [6.45, 7) is 0.146. The van der Waals surface area contributed by atoms with E-state index in [9.17, 15) is 19.5 Å². The van der Waals surface area contributed by atoms with E-state index in [2.05, 4.69) is 15.8 Å². The van der Waals surface area contributed by atoms with Crippen LogP contribution in [0.1, 0.15) is 5.56 Å². The largest absolute Gasteiger partial charge is 1.00 e. The third-order valence-corrected chi connectivity index (χ3v) is 4.72. The Hall–Kier alpha value is -3.40. The number of aromatic hydroxyl groups is 1. The minimum Gasteiger partial charge on any atom is -1.00 e. The molecule has 34 heavy (non-hydrogen) atoms. The van der Waals surface area contributed by atoms with Gasteiger partial charge in [-0.2, -0.15) is 5.10 Å². The van der Waals surface area contributed by atoms with Gasteiger partial charge < -0.3 is 31.7 Å². The minimum atomic E-state index is -0.644. The van der Waals surface area contributed by atoms with Crippen LogP contribution in [0.15, 0.2) is 62.8 Å². The molecular weight excluding hydrogens is 483 g/mol. The lowest BCUT2D eigenvalue weighted by Crippen LogP contribution is -3.00. The van der Waals surface area contributed by atoms with E-state index < -0.39 is 11.5 Å². The van der Waals surface area contributed by atoms with Crippen molar-refractivity contribution < 1.29 is 36.0 Å². The predicted octanol–water partition coefficient (Wildman–Crippen LogP) is -0.484. The smallest absolute Gasteiger partial charge is 0.336 e. The molecule has 0 radical (unpaired) electrons. The second kappa shape index (κ2) is 11.1. The van der Waals surface area contributed by atoms with Crippen LogP contribution in [0.2, 0.25) is 5.02 Å². The number of amides is 2. The van der Waals surface area contributed by atoms with Crippen LogP contribution in [0.25, 0.3) is 11.0 Å². The first-order chi connectivity index (χ1) is 15.5. The summed E-state index contributed by atoms with van der Waals surface area (Å²) >= 11 is 5.90. The Labute approximate surface area is 207 Å². The van der Waals surface area contributed by atoms with Crippen molar-refractivity contribution >= 4 is 45.8 Å². The first-order valence-corrected chi connectivity index (χ1v) is 10.4. The summed E-state index contributed by atoms with van der Waals surface area (Å²) in [6, 6.07) is 12.1. The summed E-state index contributed by atoms with van der Waals surface area (Å²) in [5.41, 5.74) is 2.85. The number of nitrogens with one attached hydrogen (secondary N) is 2. The minimum absolute atomic E-state index is 0. The molecule has 11 heteroatoms. The van der Waals surface area contributed by atoms with Gasteiger partial charge in [0, 0.05) is 34.6 Å². The van der Waals surface area contributed by atoms with Crippen molar-refractivity contribution in [2.24, 2.45) is 5.10 Å². The number of fused-ring (bicyclic) bond motifs is 1. The Morgan fingerprint density at radius 1 is 1.09 bits per heavy atom. The van der Waals surface area contributed by atoms with E-state index in [4.69, 9.17) is 16.0 Å². The fourth-order valence-electron chi connectivity index (χ4n) is 3.05. The SMILES string of the molecule is C[N+](C)(C)CC(=O)N/N=C(/Cc1cc(=O)oc2cc(O)ccc12)C(=O)Nc1ccc(Cl)cc1.[Cl-]. The normalized spacial score (nSPS) is 11.6. The molecule has 3 aromatic rings. The number of halogens is 2. The lowest BCUT2D eigenvalue weighted by atomic mass is 10.0. The Morgan fingerprint density at radius 2 is 1.76 bits per heavy atom. The molecule has 3 rings (SSSR count). The van der Waals surface area contributed by atoms with Gasteiger partial charge >= 0.3 is 5.63 Å². The maximum Gasteiger partial charge on any atom is 0.336 e. The number of nitrogens with zero attached hydrogens (tertiary/aromatic N) is 2. The molecular formula is C23H24Cl2N4O5. The van der Waals surface area contributed by atoms with E-state index in [-0.39, 0.29) is 48.3 Å². The Bertz CT molecular complexity index is 1280. The molecule has 0 aliphatic rings. The topological polar surface area (TPSA) is 121 Å². The van der Waals surface area contributed by atoms with Gasteiger partial charge in [0.2, 0.25) is 0 Å². The summed E-state index contributed by atoms with van der Waals surface area (Å²) in [6.07, 6.45) is -0.0725. The molecule has 180 valence electrons. The van der Waals surface area contributed by atoms with Crippen molar-refractivity contribution in [3.63, 3.8) is 0 Å². The first-order valence-electron chi connectivity index (χ1n) is 9.99. The molecule has 0 bridgehead atoms. The van der Waals surface area contributed by atoms with E-state index in [0.717, 1.165) is 0 Å². The molecule has 0 saturated heterocycles. The third kappa shape index (κ3) is 7.58. The number of hydrogen-bond donors (Lipinski definition) is 3. The molecule has 1 aromatic heterocycles. The maximum absolute atomic E-state index is 13.0. The molecule has 2 amide bonds. The second-order valence-electron chi connectivity index (χ2n) is 8.45. The number of carbonyl (C=O) groups excluding carboxylic acids is 2. The summed E-state index contributed by atoms with van der Waals surface area (Å²) < 4.78 is 5.52. The van der Waals surface area contributed by atoms with Crippen molar-refractivity contribution in [1.29, 1.82) is 0 Å². The zero-order valence-corrected chi connectivity index (χ0v) is 20.3. The fraction of sp³-hybridized carbons (Fsp3) is 0.217. The van der Waals surface area contributed by atoms with Crippen LogP contribution < -0.4 is 28.8 Å². The number of hydrogen-bond acceptors (Lipinski definition) is 6. The molecule has 0 fully saturated rings. The van der Waals surface area contributed by atoms with E-state index in [0.29, 0.717) is 26.1 Å². The van der Waals surface area contributed by atoms with Crippen LogP contribution in [0.3, 0.4) is 0 Å². The van der Waals surface area contributed by atoms with Gasteiger partial charge in [0.05, 0.1) is 21.1 Å². The van der Waals surface area contributed by atoms with Gasteiger partial charge in [-0.3, -0.25) is 9.59 Å². The molecule has 0 atom stereocenters. The predicted molar refractivity (Wildman–Crippen MR) is 126 cm³/mol. The lowest BCUT2D eigenvalue weighted by molar-refractivity contribution is -0.862. The highest BCUT2D eigenvalue weighted by molar-refractivity contribution is 6.43. The van der Waals surface area contributed by atoms with Gasteiger partial charge in [-0.1, -0.05) is 11.6 Å². The third-order valence-electron chi connectivity index (χ3n) is 4.47. The Balaban J connectivity index is 0.00000408. The van der Waals surface area contributed by atoms with Crippen LogP contribution in [-0.2, 0) is 16.0 Å². The number of quaternary nitrogens is 1. The quantitative estimate of drug-likeness (QED) is 0.173. The molecule has 0 spiro atoms. The van der Waals surface area contributed by atoms with Gasteiger partial charge in [-0.05, 0) is 42.0 Å². The van der Waals surface area contributed by atoms with Crippen molar-refractivity contribution in [2.75, 3.05) is 33.0 Å². The summed E-state index contributed by atoms with van der Waals surface area (Å²) in [5, 5.41) is 17.5. The monoisotopic (exact) mass is 506 g/mol. The molecule has 9 nitrogen and oxygen atoms in total. The summed E-state index contributed by atoms with van der Waals surface area (Å²) in [7, 11) is 5.55. The molecule has 0 aliphatic heterocycles. The van der Waals surface area contributed by atoms with Crippen molar-refractivity contribution in [2.45, 2.75) is 6.42 Å². The standard InChI is InChI=1S/C23H23ClN4O5.ClH/c1-28(2,3)13-21(30)27-26-19(23(32)25-16-6-4-15(24)5-7-16)10-14-11-22(31)33-20-12-17(29)8-9-18(14)20;/h4-9,11-12H,10,13H2,1-3H3,(H2-,25,27,29,30,31,32);1H. The molecule has 0 unspecified atom stereocenters. The maximum atomic E-state index is 13.0. The zero-order chi connectivity index (χ0) is 24.2. The van der Waals surface area contributed by atoms with Gasteiger partial charge in [0.1, 0.15) is 17.0 Å². The van der Waals surface area contributed by atoms with E-state index in [1.165, 1.54) is 18.2 Å². The summed E-state index contributed by atoms with van der Waals surface area (Å²) in [5.74, 6) is -1.01. The molecule has 2 aromatic carbocycles. The van der Waals surface area contributed by atoms with Gasteiger partial charge in [0.15, 0.2) is 6.54 Å². The van der Waals surface area contributed by atoms with Crippen LogP contribution in [-0.4, -0.2) is 54.8 Å². The van der Waals surface area contributed by atoms with Gasteiger partial charge in [-0.15, -0.1) is 0 Å². The molecule has 1 heterocycles. The molecule has 0 saturated carbocycles. The lowest BCUT2D eigenvalue weighted by Gasteiger charge is -2.22. The Kier molecular flexibility index (Phi) is 8.80. The van der Waals surface area contributed by atoms with E-state index in [1.54, 1.807) is 30.3 Å². The van der Waals surface area contributed by atoms with Crippen LogP contribution >= 0.6 is 11.6 Å². The molecule has 3 N–H and O–H groups in total.